The van der Waals surface area contributed by atoms with Gasteiger partial charge in [0.15, 0.2) is 0 Å². The normalized spacial score (nSPS) is 13.3. The van der Waals surface area contributed by atoms with Gasteiger partial charge in [-0.3, -0.25) is 0 Å². The van der Waals surface area contributed by atoms with Gasteiger partial charge in [0.25, 0.3) is 0 Å². The molecule has 0 aliphatic rings. The number of halogens is 3. The maximum atomic E-state index is 14.4. The number of para-hydroxylation sites is 1. The van der Waals surface area contributed by atoms with Crippen molar-refractivity contribution in [2.75, 3.05) is 6.61 Å². The number of carbonyl (C=O) groups excluding carboxylic acids is 1. The first-order valence-electron chi connectivity index (χ1n) is 6.94. The van der Waals surface area contributed by atoms with Gasteiger partial charge in [0.1, 0.15) is 11.6 Å². The van der Waals surface area contributed by atoms with Crippen molar-refractivity contribution in [3.05, 3.63) is 63.3 Å². The maximum absolute atomic E-state index is 14.4. The summed E-state index contributed by atoms with van der Waals surface area (Å²) in [5.41, 5.74) is -1.59. The van der Waals surface area contributed by atoms with Crippen LogP contribution in [-0.4, -0.2) is 12.6 Å². The van der Waals surface area contributed by atoms with Gasteiger partial charge in [0.05, 0.1) is 11.1 Å². The molecule has 0 spiro atoms. The quantitative estimate of drug-likeness (QED) is 0.654. The van der Waals surface area contributed by atoms with Crippen molar-refractivity contribution in [1.82, 2.24) is 0 Å². The highest BCUT2D eigenvalue weighted by Gasteiger charge is 2.42. The van der Waals surface area contributed by atoms with E-state index >= 15 is 0 Å². The third-order valence-electron chi connectivity index (χ3n) is 3.26. The van der Waals surface area contributed by atoms with Crippen molar-refractivity contribution in [1.29, 1.82) is 0 Å². The Bertz CT molecular complexity index is 723. The van der Waals surface area contributed by atoms with Gasteiger partial charge in [-0.1, -0.05) is 23.7 Å². The van der Waals surface area contributed by atoms with E-state index in [-0.39, 0.29) is 17.2 Å². The van der Waals surface area contributed by atoms with Crippen LogP contribution in [0.3, 0.4) is 0 Å². The van der Waals surface area contributed by atoms with Gasteiger partial charge < -0.3 is 9.47 Å². The molecule has 0 N–H and O–H groups in total. The Balaban J connectivity index is 2.52. The highest BCUT2D eigenvalue weighted by Crippen LogP contribution is 2.35. The second-order valence-electron chi connectivity index (χ2n) is 4.91. The molecule has 23 heavy (non-hydrogen) atoms. The highest BCUT2D eigenvalue weighted by molar-refractivity contribution is 9.10. The zero-order chi connectivity index (χ0) is 17.0. The predicted molar refractivity (Wildman–Crippen MR) is 90.2 cm³/mol. The van der Waals surface area contributed by atoms with E-state index in [4.69, 9.17) is 21.1 Å². The van der Waals surface area contributed by atoms with Crippen LogP contribution in [0.2, 0.25) is 5.02 Å². The molecule has 0 amide bonds. The fourth-order valence-corrected chi connectivity index (χ4v) is 2.62. The Morgan fingerprint density at radius 2 is 2.00 bits per heavy atom. The predicted octanol–water partition coefficient (Wildman–Crippen LogP) is 5.10. The smallest absolute Gasteiger partial charge is 0.355 e. The van der Waals surface area contributed by atoms with E-state index in [0.717, 1.165) is 6.07 Å². The van der Waals surface area contributed by atoms with Gasteiger partial charge in [0.2, 0.25) is 5.60 Å². The number of hydrogen-bond acceptors (Lipinski definition) is 3. The van der Waals surface area contributed by atoms with E-state index in [2.05, 4.69) is 15.9 Å². The lowest BCUT2D eigenvalue weighted by Gasteiger charge is -2.29. The van der Waals surface area contributed by atoms with Crippen LogP contribution in [0.4, 0.5) is 4.39 Å². The zero-order valence-corrected chi connectivity index (χ0v) is 14.9. The Hall–Kier alpha value is -1.59. The molecule has 0 heterocycles. The number of ether oxygens (including phenoxy) is 2. The van der Waals surface area contributed by atoms with Crippen LogP contribution < -0.4 is 4.74 Å². The first-order valence-corrected chi connectivity index (χ1v) is 8.12. The third kappa shape index (κ3) is 3.85. The molecule has 2 aromatic rings. The van der Waals surface area contributed by atoms with E-state index in [1.807, 2.05) is 6.07 Å². The highest BCUT2D eigenvalue weighted by atomic mass is 79.9. The lowest BCUT2D eigenvalue weighted by atomic mass is 9.95. The Morgan fingerprint density at radius 1 is 1.30 bits per heavy atom. The largest absolute Gasteiger partial charge is 0.470 e. The van der Waals surface area contributed by atoms with Crippen LogP contribution in [-0.2, 0) is 15.1 Å². The van der Waals surface area contributed by atoms with Crippen LogP contribution in [0.15, 0.2) is 46.9 Å². The van der Waals surface area contributed by atoms with Gasteiger partial charge in [-0.2, -0.15) is 0 Å². The molecule has 0 saturated carbocycles. The Kier molecular flexibility index (Phi) is 5.65. The van der Waals surface area contributed by atoms with Gasteiger partial charge >= 0.3 is 5.97 Å². The molecule has 0 bridgehead atoms. The van der Waals surface area contributed by atoms with Gasteiger partial charge in [-0.05, 0) is 60.1 Å². The van der Waals surface area contributed by atoms with E-state index < -0.39 is 17.4 Å². The molecule has 6 heteroatoms. The third-order valence-corrected chi connectivity index (χ3v) is 4.15. The van der Waals surface area contributed by atoms with Gasteiger partial charge in [-0.15, -0.1) is 0 Å². The van der Waals surface area contributed by atoms with Crippen molar-refractivity contribution in [3.63, 3.8) is 0 Å². The molecule has 0 aliphatic carbocycles. The van der Waals surface area contributed by atoms with Crippen molar-refractivity contribution in [3.8, 4) is 5.75 Å². The fourth-order valence-electron chi connectivity index (χ4n) is 2.10. The van der Waals surface area contributed by atoms with Crippen molar-refractivity contribution in [2.24, 2.45) is 0 Å². The summed E-state index contributed by atoms with van der Waals surface area (Å²) < 4.78 is 25.9. The van der Waals surface area contributed by atoms with Crippen LogP contribution in [0.5, 0.6) is 5.75 Å². The number of hydrogen-bond donors (Lipinski definition) is 0. The molecule has 2 rings (SSSR count). The second kappa shape index (κ2) is 7.32. The summed E-state index contributed by atoms with van der Waals surface area (Å²) in [7, 11) is 0. The summed E-state index contributed by atoms with van der Waals surface area (Å²) >= 11 is 9.14. The summed E-state index contributed by atoms with van der Waals surface area (Å²) in [6.07, 6.45) is 0. The van der Waals surface area contributed by atoms with E-state index in [1.165, 1.54) is 19.1 Å². The molecule has 0 saturated heterocycles. The molecule has 0 fully saturated rings. The summed E-state index contributed by atoms with van der Waals surface area (Å²) in [5.74, 6) is -0.922. The summed E-state index contributed by atoms with van der Waals surface area (Å²) in [4.78, 5) is 12.5. The summed E-state index contributed by atoms with van der Waals surface area (Å²) in [5, 5.41) is 0.235. The minimum absolute atomic E-state index is 0.0519. The van der Waals surface area contributed by atoms with Gasteiger partial charge in [0, 0.05) is 10.6 Å². The number of rotatable bonds is 5. The van der Waals surface area contributed by atoms with Crippen LogP contribution in [0, 0.1) is 5.82 Å². The maximum Gasteiger partial charge on any atom is 0.355 e. The van der Waals surface area contributed by atoms with E-state index in [1.54, 1.807) is 25.1 Å². The molecule has 0 aliphatic heterocycles. The minimum atomic E-state index is -1.64. The molecular formula is C17H15BrClFO3. The summed E-state index contributed by atoms with van der Waals surface area (Å²) in [6.45, 7) is 3.30. The second-order valence-corrected chi connectivity index (χ2v) is 6.20. The number of esters is 1. The Labute approximate surface area is 147 Å². The monoisotopic (exact) mass is 400 g/mol. The topological polar surface area (TPSA) is 35.5 Å². The first kappa shape index (κ1) is 17.8. The molecule has 1 atom stereocenters. The van der Waals surface area contributed by atoms with E-state index in [9.17, 15) is 9.18 Å². The first-order chi connectivity index (χ1) is 10.9. The van der Waals surface area contributed by atoms with Gasteiger partial charge in [-0.25, -0.2) is 9.18 Å². The molecule has 0 aromatic heterocycles. The standard InChI is InChI=1S/C17H15BrClFO3/c1-3-22-16(21)17(2,12-9-8-11(19)10-14(12)20)23-15-7-5-4-6-13(15)18/h4-10H,3H2,1-2H3. The fraction of sp³-hybridized carbons (Fsp3) is 0.235. The Morgan fingerprint density at radius 3 is 2.61 bits per heavy atom. The van der Waals surface area contributed by atoms with Crippen LogP contribution in [0.1, 0.15) is 19.4 Å². The lowest BCUT2D eigenvalue weighted by molar-refractivity contribution is -0.161. The zero-order valence-electron chi connectivity index (χ0n) is 12.6. The lowest BCUT2D eigenvalue weighted by Crippen LogP contribution is -2.41. The number of carbonyl (C=O) groups is 1. The number of benzene rings is 2. The average Bonchev–Trinajstić information content (AvgIpc) is 2.49. The molecule has 122 valence electrons. The van der Waals surface area contributed by atoms with Crippen LogP contribution in [0.25, 0.3) is 0 Å². The molecule has 2 aromatic carbocycles. The van der Waals surface area contributed by atoms with E-state index in [0.29, 0.717) is 10.2 Å². The van der Waals surface area contributed by atoms with Crippen molar-refractivity contribution in [2.45, 2.75) is 19.4 Å². The molecule has 3 nitrogen and oxygen atoms in total. The molecule has 1 unspecified atom stereocenters. The minimum Gasteiger partial charge on any atom is -0.470 e. The van der Waals surface area contributed by atoms with Crippen LogP contribution >= 0.6 is 27.5 Å². The molecule has 0 radical (unpaired) electrons. The van der Waals surface area contributed by atoms with Crippen molar-refractivity contribution >= 4 is 33.5 Å². The SMILES string of the molecule is CCOC(=O)C(C)(Oc1ccccc1Br)c1ccc(Cl)cc1F. The van der Waals surface area contributed by atoms with Crippen molar-refractivity contribution < 1.29 is 18.7 Å². The average molecular weight is 402 g/mol. The molecular weight excluding hydrogens is 387 g/mol. The summed E-state index contributed by atoms with van der Waals surface area (Å²) in [6, 6.07) is 11.1.